The van der Waals surface area contributed by atoms with Crippen LogP contribution in [-0.4, -0.2) is 48.7 Å². The normalized spacial score (nSPS) is 14.3. The quantitative estimate of drug-likeness (QED) is 0.596. The largest absolute Gasteiger partial charge is 0.308 e. The predicted octanol–water partition coefficient (Wildman–Crippen LogP) is 2.84. The molecule has 0 N–H and O–H groups in total. The molecule has 3 aromatic rings. The molecule has 0 spiro atoms. The fourth-order valence-electron chi connectivity index (χ4n) is 3.33. The molecule has 29 heavy (non-hydrogen) atoms. The van der Waals surface area contributed by atoms with E-state index in [9.17, 15) is 13.2 Å². The molecule has 3 heterocycles. The highest BCUT2D eigenvalue weighted by Crippen LogP contribution is 2.31. The number of carbonyl (C=O) groups excluding carboxylic acids is 1. The number of carbonyl (C=O) groups is 1. The lowest BCUT2D eigenvalue weighted by atomic mass is 10.2. The maximum absolute atomic E-state index is 12.9. The van der Waals surface area contributed by atoms with Gasteiger partial charge in [-0.1, -0.05) is 23.7 Å². The third-order valence-corrected chi connectivity index (χ3v) is 6.99. The number of imidazole rings is 1. The van der Waals surface area contributed by atoms with Crippen molar-refractivity contribution in [2.75, 3.05) is 25.5 Å². The van der Waals surface area contributed by atoms with Crippen LogP contribution in [0.25, 0.3) is 11.7 Å². The molecule has 0 radical (unpaired) electrons. The molecule has 9 heteroatoms. The Morgan fingerprint density at radius 1 is 1.24 bits per heavy atom. The average molecular weight is 431 g/mol. The summed E-state index contributed by atoms with van der Waals surface area (Å²) in [5, 5.41) is 0.307. The van der Waals surface area contributed by atoms with E-state index in [1.54, 1.807) is 33.6 Å². The van der Waals surface area contributed by atoms with Crippen molar-refractivity contribution in [1.29, 1.82) is 0 Å². The molecule has 1 aliphatic rings. The first-order valence-corrected chi connectivity index (χ1v) is 10.8. The molecule has 1 amide bonds. The molecule has 4 rings (SSSR count). The Labute approximate surface area is 173 Å². The van der Waals surface area contributed by atoms with Gasteiger partial charge < -0.3 is 4.90 Å². The predicted molar refractivity (Wildman–Crippen MR) is 113 cm³/mol. The zero-order valence-electron chi connectivity index (χ0n) is 15.9. The van der Waals surface area contributed by atoms with Gasteiger partial charge in [0.2, 0.25) is 10.0 Å². The van der Waals surface area contributed by atoms with Crippen LogP contribution < -0.4 is 4.90 Å². The van der Waals surface area contributed by atoms with Crippen molar-refractivity contribution in [3.63, 3.8) is 0 Å². The number of amides is 1. The molecular weight excluding hydrogens is 412 g/mol. The molecule has 0 saturated carbocycles. The van der Waals surface area contributed by atoms with Crippen LogP contribution in [0.15, 0.2) is 53.6 Å². The zero-order chi connectivity index (χ0) is 20.8. The summed E-state index contributed by atoms with van der Waals surface area (Å²) in [7, 11) is -0.617. The minimum Gasteiger partial charge on any atom is -0.308 e. The molecule has 0 aliphatic carbocycles. The topological polar surface area (TPSA) is 75.0 Å². The van der Waals surface area contributed by atoms with Crippen molar-refractivity contribution in [3.8, 4) is 0 Å². The van der Waals surface area contributed by atoms with E-state index in [1.807, 2.05) is 24.4 Å². The molecule has 150 valence electrons. The highest BCUT2D eigenvalue weighted by molar-refractivity contribution is 7.89. The third-order valence-electron chi connectivity index (χ3n) is 4.90. The number of aromatic nitrogens is 2. The number of anilines is 1. The molecule has 0 saturated heterocycles. The van der Waals surface area contributed by atoms with Gasteiger partial charge in [-0.25, -0.2) is 17.7 Å². The standard InChI is InChI=1S/C20H19ClN4O3S/c1-23(2)29(27,28)15-7-6-14-10-12-25(17(14)13-15)19(26)9-8-16-20(21)22-18-5-3-4-11-24(16)18/h3-9,11,13H,10,12H2,1-2H3/b9-8+. The summed E-state index contributed by atoms with van der Waals surface area (Å²) >= 11 is 6.21. The Morgan fingerprint density at radius 3 is 2.79 bits per heavy atom. The van der Waals surface area contributed by atoms with Gasteiger partial charge in [-0.05, 0) is 42.3 Å². The monoisotopic (exact) mass is 430 g/mol. The first-order chi connectivity index (χ1) is 13.8. The maximum atomic E-state index is 12.9. The van der Waals surface area contributed by atoms with Crippen LogP contribution in [0.3, 0.4) is 0 Å². The summed E-state index contributed by atoms with van der Waals surface area (Å²) in [4.78, 5) is 18.9. The summed E-state index contributed by atoms with van der Waals surface area (Å²) < 4.78 is 27.8. The molecule has 2 aromatic heterocycles. The lowest BCUT2D eigenvalue weighted by Gasteiger charge is -2.17. The number of sulfonamides is 1. The maximum Gasteiger partial charge on any atom is 0.251 e. The van der Waals surface area contributed by atoms with Crippen LogP contribution in [0.1, 0.15) is 11.3 Å². The van der Waals surface area contributed by atoms with E-state index in [4.69, 9.17) is 11.6 Å². The second-order valence-corrected chi connectivity index (χ2v) is 9.38. The van der Waals surface area contributed by atoms with Crippen LogP contribution in [0.4, 0.5) is 5.69 Å². The first-order valence-electron chi connectivity index (χ1n) is 8.96. The van der Waals surface area contributed by atoms with E-state index >= 15 is 0 Å². The molecule has 0 bridgehead atoms. The Hall–Kier alpha value is -2.68. The van der Waals surface area contributed by atoms with Crippen LogP contribution in [-0.2, 0) is 21.2 Å². The molecule has 0 fully saturated rings. The van der Waals surface area contributed by atoms with Crippen molar-refractivity contribution in [1.82, 2.24) is 13.7 Å². The number of rotatable bonds is 4. The number of hydrogen-bond acceptors (Lipinski definition) is 4. The lowest BCUT2D eigenvalue weighted by molar-refractivity contribution is -0.114. The Bertz CT molecular complexity index is 1250. The van der Waals surface area contributed by atoms with Crippen molar-refractivity contribution in [2.24, 2.45) is 0 Å². The fraction of sp³-hybridized carbons (Fsp3) is 0.200. The summed E-state index contributed by atoms with van der Waals surface area (Å²) in [6.07, 6.45) is 5.56. The fourth-order valence-corrected chi connectivity index (χ4v) is 4.50. The molecule has 1 aliphatic heterocycles. The van der Waals surface area contributed by atoms with Crippen molar-refractivity contribution in [3.05, 3.63) is 65.1 Å². The van der Waals surface area contributed by atoms with E-state index in [1.165, 1.54) is 20.2 Å². The highest BCUT2D eigenvalue weighted by Gasteiger charge is 2.26. The summed E-state index contributed by atoms with van der Waals surface area (Å²) in [6.45, 7) is 0.491. The number of fused-ring (bicyclic) bond motifs is 2. The van der Waals surface area contributed by atoms with Crippen LogP contribution in [0, 0.1) is 0 Å². The molecule has 1 aromatic carbocycles. The van der Waals surface area contributed by atoms with Crippen molar-refractivity contribution < 1.29 is 13.2 Å². The number of hydrogen-bond donors (Lipinski definition) is 0. The van der Waals surface area contributed by atoms with E-state index in [0.717, 1.165) is 9.87 Å². The minimum absolute atomic E-state index is 0.162. The van der Waals surface area contributed by atoms with Gasteiger partial charge in [-0.15, -0.1) is 0 Å². The molecular formula is C20H19ClN4O3S. The lowest BCUT2D eigenvalue weighted by Crippen LogP contribution is -2.27. The van der Waals surface area contributed by atoms with Crippen molar-refractivity contribution >= 4 is 44.9 Å². The van der Waals surface area contributed by atoms with E-state index in [0.29, 0.717) is 35.1 Å². The smallest absolute Gasteiger partial charge is 0.251 e. The van der Waals surface area contributed by atoms with Gasteiger partial charge in [-0.2, -0.15) is 0 Å². The Morgan fingerprint density at radius 2 is 2.03 bits per heavy atom. The zero-order valence-corrected chi connectivity index (χ0v) is 17.5. The van der Waals surface area contributed by atoms with E-state index in [2.05, 4.69) is 4.98 Å². The van der Waals surface area contributed by atoms with Crippen LogP contribution in [0.5, 0.6) is 0 Å². The van der Waals surface area contributed by atoms with Crippen LogP contribution in [0.2, 0.25) is 5.15 Å². The highest BCUT2D eigenvalue weighted by atomic mass is 35.5. The average Bonchev–Trinajstić information content (AvgIpc) is 3.25. The van der Waals surface area contributed by atoms with Gasteiger partial charge in [0.05, 0.1) is 10.6 Å². The van der Waals surface area contributed by atoms with E-state index in [-0.39, 0.29) is 10.8 Å². The Kier molecular flexibility index (Phi) is 4.94. The number of benzene rings is 1. The van der Waals surface area contributed by atoms with Gasteiger partial charge in [0.1, 0.15) is 5.65 Å². The number of halogens is 1. The third kappa shape index (κ3) is 3.43. The van der Waals surface area contributed by atoms with Gasteiger partial charge in [0, 0.05) is 38.6 Å². The van der Waals surface area contributed by atoms with Crippen LogP contribution >= 0.6 is 11.6 Å². The van der Waals surface area contributed by atoms with Gasteiger partial charge in [0.15, 0.2) is 5.15 Å². The number of pyridine rings is 1. The second kappa shape index (κ2) is 7.29. The second-order valence-electron chi connectivity index (χ2n) is 6.87. The minimum atomic E-state index is -3.58. The molecule has 7 nitrogen and oxygen atoms in total. The van der Waals surface area contributed by atoms with Gasteiger partial charge >= 0.3 is 0 Å². The van der Waals surface area contributed by atoms with Gasteiger partial charge in [-0.3, -0.25) is 9.20 Å². The molecule has 0 atom stereocenters. The van der Waals surface area contributed by atoms with Crippen molar-refractivity contribution in [2.45, 2.75) is 11.3 Å². The molecule has 0 unspecified atom stereocenters. The summed E-state index contributed by atoms with van der Waals surface area (Å²) in [5.41, 5.74) is 2.86. The SMILES string of the molecule is CN(C)S(=O)(=O)c1ccc2c(c1)N(C(=O)/C=C/c1c(Cl)nc3ccccn13)CC2. The van der Waals surface area contributed by atoms with E-state index < -0.39 is 10.0 Å². The Balaban J connectivity index is 1.65. The van der Waals surface area contributed by atoms with Gasteiger partial charge in [0.25, 0.3) is 5.91 Å². The first kappa shape index (κ1) is 19.6. The summed E-state index contributed by atoms with van der Waals surface area (Å²) in [5.74, 6) is -0.245. The summed E-state index contributed by atoms with van der Waals surface area (Å²) in [6, 6.07) is 10.4. The number of nitrogens with zero attached hydrogens (tertiary/aromatic N) is 4.